The van der Waals surface area contributed by atoms with Gasteiger partial charge >= 0.3 is 18.4 Å². The van der Waals surface area contributed by atoms with E-state index < -0.39 is 30.7 Å². The fourth-order valence-corrected chi connectivity index (χ4v) is 1.06. The molecule has 3 N–H and O–H groups in total. The van der Waals surface area contributed by atoms with Gasteiger partial charge < -0.3 is 15.2 Å². The van der Waals surface area contributed by atoms with Crippen LogP contribution in [-0.4, -0.2) is 30.1 Å². The van der Waals surface area contributed by atoms with E-state index in [0.29, 0.717) is 0 Å². The zero-order chi connectivity index (χ0) is 15.2. The van der Waals surface area contributed by atoms with E-state index in [0.717, 1.165) is 24.3 Å². The van der Waals surface area contributed by atoms with E-state index in [1.807, 2.05) is 0 Å². The third kappa shape index (κ3) is 6.44. The number of aliphatic carboxylic acids is 1. The molecule has 0 spiro atoms. The second-order valence-corrected chi connectivity index (χ2v) is 3.31. The topological polar surface area (TPSA) is 96.9 Å². The van der Waals surface area contributed by atoms with Gasteiger partial charge in [0.25, 0.3) is 0 Å². The molecule has 1 aromatic rings. The number of rotatable bonds is 5. The summed E-state index contributed by atoms with van der Waals surface area (Å²) in [5, 5.41) is 10.4. The van der Waals surface area contributed by atoms with Gasteiger partial charge in [-0.05, 0) is 24.3 Å². The van der Waals surface area contributed by atoms with Crippen molar-refractivity contribution in [3.8, 4) is 5.75 Å². The number of carboxylic acids is 1. The summed E-state index contributed by atoms with van der Waals surface area (Å²) in [5.74, 6) is -1.72. The van der Waals surface area contributed by atoms with E-state index in [1.165, 1.54) is 0 Å². The molecule has 0 bridgehead atoms. The standard InChI is InChI=1S/C10H9F3N2O5/c11-10(12,13)20-7-3-1-6(2-4-7)14-9(18)15-19-5-8(16)17/h1-4H,5H2,(H,16,17)(H2,14,15,18). The number of benzene rings is 1. The van der Waals surface area contributed by atoms with E-state index in [1.54, 1.807) is 5.48 Å². The molecule has 1 rings (SSSR count). The molecule has 0 aliphatic rings. The lowest BCUT2D eigenvalue weighted by molar-refractivity contribution is -0.274. The summed E-state index contributed by atoms with van der Waals surface area (Å²) in [6.45, 7) is -0.730. The van der Waals surface area contributed by atoms with Gasteiger partial charge in [0, 0.05) is 5.69 Å². The van der Waals surface area contributed by atoms with Crippen molar-refractivity contribution in [1.29, 1.82) is 0 Å². The van der Waals surface area contributed by atoms with E-state index in [9.17, 15) is 22.8 Å². The predicted octanol–water partition coefficient (Wildman–Crippen LogP) is 1.72. The summed E-state index contributed by atoms with van der Waals surface area (Å²) in [6.07, 6.45) is -4.79. The van der Waals surface area contributed by atoms with E-state index in [2.05, 4.69) is 14.9 Å². The number of carbonyl (C=O) groups is 2. The number of nitrogens with one attached hydrogen (secondary N) is 2. The highest BCUT2D eigenvalue weighted by Crippen LogP contribution is 2.23. The molecule has 2 amide bonds. The van der Waals surface area contributed by atoms with Gasteiger partial charge in [-0.3, -0.25) is 4.84 Å². The Kier molecular flexibility index (Phi) is 5.15. The third-order valence-corrected chi connectivity index (χ3v) is 1.71. The van der Waals surface area contributed by atoms with Crippen LogP contribution in [0.5, 0.6) is 5.75 Å². The lowest BCUT2D eigenvalue weighted by Crippen LogP contribution is -2.30. The third-order valence-electron chi connectivity index (χ3n) is 1.71. The molecule has 0 atom stereocenters. The Morgan fingerprint density at radius 2 is 1.80 bits per heavy atom. The highest BCUT2D eigenvalue weighted by atomic mass is 19.4. The monoisotopic (exact) mass is 294 g/mol. The predicted molar refractivity (Wildman–Crippen MR) is 58.9 cm³/mol. The molecule has 0 saturated heterocycles. The number of ether oxygens (including phenoxy) is 1. The Morgan fingerprint density at radius 3 is 2.30 bits per heavy atom. The van der Waals surface area contributed by atoms with Crippen LogP contribution in [0.2, 0.25) is 0 Å². The number of urea groups is 1. The number of hydroxylamine groups is 1. The van der Waals surface area contributed by atoms with Crippen LogP contribution in [0.1, 0.15) is 0 Å². The molecule has 0 radical (unpaired) electrons. The molecule has 10 heteroatoms. The maximum Gasteiger partial charge on any atom is 0.573 e. The van der Waals surface area contributed by atoms with Crippen molar-refractivity contribution < 1.29 is 37.4 Å². The molecule has 0 aliphatic carbocycles. The van der Waals surface area contributed by atoms with Gasteiger partial charge in [-0.15, -0.1) is 13.2 Å². The first-order valence-electron chi connectivity index (χ1n) is 5.02. The maximum atomic E-state index is 11.9. The minimum atomic E-state index is -4.79. The van der Waals surface area contributed by atoms with E-state index in [-0.39, 0.29) is 5.69 Å². The maximum absolute atomic E-state index is 11.9. The molecule has 0 aliphatic heterocycles. The average Bonchev–Trinajstić information content (AvgIpc) is 2.29. The first-order valence-corrected chi connectivity index (χ1v) is 5.02. The summed E-state index contributed by atoms with van der Waals surface area (Å²) in [6, 6.07) is 3.45. The SMILES string of the molecule is O=C(O)CONC(=O)Nc1ccc(OC(F)(F)F)cc1. The zero-order valence-electron chi connectivity index (χ0n) is 9.73. The van der Waals surface area contributed by atoms with Crippen molar-refractivity contribution in [2.24, 2.45) is 0 Å². The highest BCUT2D eigenvalue weighted by molar-refractivity contribution is 5.88. The van der Waals surface area contributed by atoms with Crippen molar-refractivity contribution >= 4 is 17.7 Å². The van der Waals surface area contributed by atoms with Gasteiger partial charge in [0.05, 0.1) is 0 Å². The lowest BCUT2D eigenvalue weighted by atomic mass is 10.3. The smallest absolute Gasteiger partial charge is 0.479 e. The van der Waals surface area contributed by atoms with Gasteiger partial charge in [-0.1, -0.05) is 0 Å². The van der Waals surface area contributed by atoms with Crippen molar-refractivity contribution in [1.82, 2.24) is 5.48 Å². The number of alkyl halides is 3. The van der Waals surface area contributed by atoms with Crippen LogP contribution in [0.15, 0.2) is 24.3 Å². The Morgan fingerprint density at radius 1 is 1.20 bits per heavy atom. The molecule has 0 saturated carbocycles. The van der Waals surface area contributed by atoms with E-state index in [4.69, 9.17) is 5.11 Å². The summed E-state index contributed by atoms with van der Waals surface area (Å²) in [5.41, 5.74) is 1.94. The number of amides is 2. The number of halogens is 3. The normalized spacial score (nSPS) is 10.8. The fraction of sp³-hybridized carbons (Fsp3) is 0.200. The highest BCUT2D eigenvalue weighted by Gasteiger charge is 2.30. The van der Waals surface area contributed by atoms with Crippen molar-refractivity contribution in [2.45, 2.75) is 6.36 Å². The van der Waals surface area contributed by atoms with Crippen LogP contribution < -0.4 is 15.5 Å². The van der Waals surface area contributed by atoms with Gasteiger partial charge in [-0.2, -0.15) is 0 Å². The molecule has 0 heterocycles. The van der Waals surface area contributed by atoms with Gasteiger partial charge in [-0.25, -0.2) is 15.1 Å². The number of hydrogen-bond donors (Lipinski definition) is 3. The number of carbonyl (C=O) groups excluding carboxylic acids is 1. The molecular weight excluding hydrogens is 285 g/mol. The Bertz CT molecular complexity index is 475. The molecule has 1 aromatic carbocycles. The first kappa shape index (κ1) is 15.6. The number of anilines is 1. The summed E-state index contributed by atoms with van der Waals surface area (Å²) < 4.78 is 39.3. The van der Waals surface area contributed by atoms with Gasteiger partial charge in [0.15, 0.2) is 6.61 Å². The van der Waals surface area contributed by atoms with Gasteiger partial charge in [0.1, 0.15) is 5.75 Å². The van der Waals surface area contributed by atoms with Crippen LogP contribution in [0.3, 0.4) is 0 Å². The summed E-state index contributed by atoms with van der Waals surface area (Å²) in [7, 11) is 0. The van der Waals surface area contributed by atoms with Crippen molar-refractivity contribution in [2.75, 3.05) is 11.9 Å². The van der Waals surface area contributed by atoms with Crippen molar-refractivity contribution in [3.63, 3.8) is 0 Å². The molecule has 0 fully saturated rings. The van der Waals surface area contributed by atoms with Gasteiger partial charge in [0.2, 0.25) is 0 Å². The lowest BCUT2D eigenvalue weighted by Gasteiger charge is -2.10. The van der Waals surface area contributed by atoms with E-state index >= 15 is 0 Å². The molecular formula is C10H9F3N2O5. The fourth-order valence-electron chi connectivity index (χ4n) is 1.06. The number of carboxylic acid groups (broad SMARTS) is 1. The Hall–Kier alpha value is -2.49. The largest absolute Gasteiger partial charge is 0.573 e. The number of hydrogen-bond acceptors (Lipinski definition) is 4. The molecule has 20 heavy (non-hydrogen) atoms. The molecule has 7 nitrogen and oxygen atoms in total. The van der Waals surface area contributed by atoms with Crippen LogP contribution >= 0.6 is 0 Å². The van der Waals surface area contributed by atoms with Crippen LogP contribution in [-0.2, 0) is 9.63 Å². The summed E-state index contributed by atoms with van der Waals surface area (Å²) in [4.78, 5) is 25.5. The first-order chi connectivity index (χ1) is 9.26. The van der Waals surface area contributed by atoms with Crippen molar-refractivity contribution in [3.05, 3.63) is 24.3 Å². The van der Waals surface area contributed by atoms with Crippen LogP contribution in [0.25, 0.3) is 0 Å². The molecule has 110 valence electrons. The second-order valence-electron chi connectivity index (χ2n) is 3.31. The summed E-state index contributed by atoms with van der Waals surface area (Å²) >= 11 is 0. The molecule has 0 unspecified atom stereocenters. The Labute approximate surface area is 110 Å². The quantitative estimate of drug-likeness (QED) is 0.718. The second kappa shape index (κ2) is 6.61. The van der Waals surface area contributed by atoms with Crippen LogP contribution in [0.4, 0.5) is 23.7 Å². The Balaban J connectivity index is 2.45. The van der Waals surface area contributed by atoms with Crippen LogP contribution in [0, 0.1) is 0 Å². The molecule has 0 aromatic heterocycles. The minimum Gasteiger partial charge on any atom is -0.479 e. The minimum absolute atomic E-state index is 0.163. The average molecular weight is 294 g/mol. The zero-order valence-corrected chi connectivity index (χ0v) is 9.73.